The van der Waals surface area contributed by atoms with Crippen LogP contribution in [0.25, 0.3) is 11.8 Å². The van der Waals surface area contributed by atoms with Crippen LogP contribution in [0.15, 0.2) is 37.0 Å². The molecule has 1 N–H and O–H groups in total. The van der Waals surface area contributed by atoms with Crippen molar-refractivity contribution in [3.8, 4) is 5.69 Å². The quantitative estimate of drug-likeness (QED) is 0.764. The van der Waals surface area contributed by atoms with Gasteiger partial charge in [0.15, 0.2) is 5.82 Å². The number of hydrogen-bond acceptors (Lipinski definition) is 3. The van der Waals surface area contributed by atoms with Crippen molar-refractivity contribution in [2.24, 2.45) is 11.8 Å². The molecule has 6 nitrogen and oxygen atoms in total. The zero-order valence-electron chi connectivity index (χ0n) is 17.3. The Morgan fingerprint density at radius 2 is 1.83 bits per heavy atom. The minimum absolute atomic E-state index is 0.0262. The highest BCUT2D eigenvalue weighted by Crippen LogP contribution is 2.32. The van der Waals surface area contributed by atoms with Crippen LogP contribution >= 0.6 is 0 Å². The van der Waals surface area contributed by atoms with Crippen LogP contribution in [-0.4, -0.2) is 32.8 Å². The molecule has 0 aliphatic heterocycles. The van der Waals surface area contributed by atoms with Gasteiger partial charge in [0, 0.05) is 18.2 Å². The maximum Gasteiger partial charge on any atom is 0.341 e. The van der Waals surface area contributed by atoms with Crippen LogP contribution in [-0.2, 0) is 4.79 Å². The molecule has 29 heavy (non-hydrogen) atoms. The minimum Gasteiger partial charge on any atom is -0.477 e. The summed E-state index contributed by atoms with van der Waals surface area (Å²) in [5.41, 5.74) is 1.72. The molecule has 0 unspecified atom stereocenters. The number of aromatic nitrogens is 2. The summed E-state index contributed by atoms with van der Waals surface area (Å²) >= 11 is 0. The molecule has 0 atom stereocenters. The van der Waals surface area contributed by atoms with E-state index < -0.39 is 5.97 Å². The number of rotatable bonds is 6. The summed E-state index contributed by atoms with van der Waals surface area (Å²) in [6, 6.07) is 7.29. The molecule has 6 heteroatoms. The van der Waals surface area contributed by atoms with E-state index in [4.69, 9.17) is 0 Å². The molecule has 2 aromatic rings. The molecular formula is C23H29N3O3. The first-order valence-corrected chi connectivity index (χ1v) is 10.2. The maximum absolute atomic E-state index is 13.3. The van der Waals surface area contributed by atoms with Crippen molar-refractivity contribution in [1.82, 2.24) is 9.78 Å². The lowest BCUT2D eigenvalue weighted by atomic mass is 9.82. The van der Waals surface area contributed by atoms with Gasteiger partial charge in [-0.3, -0.25) is 9.69 Å². The number of carbonyl (C=O) groups excluding carboxylic acids is 1. The van der Waals surface area contributed by atoms with Crippen LogP contribution in [0.2, 0.25) is 0 Å². The molecule has 0 spiro atoms. The summed E-state index contributed by atoms with van der Waals surface area (Å²) in [5, 5.41) is 14.3. The SMILES string of the molecule is C=Cc1ccc(-n2cc(C(=O)O)c(N(C(=O)C3CCC(C)CC3)C(C)C)n2)cc1. The molecule has 1 amide bonds. The van der Waals surface area contributed by atoms with Crippen LogP contribution in [0.3, 0.4) is 0 Å². The Labute approximate surface area is 171 Å². The molecule has 1 fully saturated rings. The maximum atomic E-state index is 13.3. The molecule has 154 valence electrons. The Kier molecular flexibility index (Phi) is 6.20. The number of carbonyl (C=O) groups is 2. The van der Waals surface area contributed by atoms with Crippen LogP contribution < -0.4 is 4.90 Å². The lowest BCUT2D eigenvalue weighted by molar-refractivity contribution is -0.123. The van der Waals surface area contributed by atoms with Crippen LogP contribution in [0.4, 0.5) is 5.82 Å². The third kappa shape index (κ3) is 4.42. The van der Waals surface area contributed by atoms with Crippen molar-refractivity contribution in [1.29, 1.82) is 0 Å². The molecular weight excluding hydrogens is 366 g/mol. The van der Waals surface area contributed by atoms with Gasteiger partial charge in [-0.1, -0.05) is 31.7 Å². The third-order valence-corrected chi connectivity index (χ3v) is 5.67. The Morgan fingerprint density at radius 3 is 2.34 bits per heavy atom. The number of nitrogens with zero attached hydrogens (tertiary/aromatic N) is 3. The van der Waals surface area contributed by atoms with Gasteiger partial charge >= 0.3 is 5.97 Å². The fourth-order valence-electron chi connectivity index (χ4n) is 3.90. The standard InChI is InChI=1S/C23H29N3O3/c1-5-17-8-12-19(13-9-17)25-14-20(23(28)29)21(24-25)26(15(2)3)22(27)18-10-6-16(4)7-11-18/h5,8-9,12-16,18H,1,6-7,10-11H2,2-4H3,(H,28,29). The van der Waals surface area contributed by atoms with E-state index in [1.165, 1.54) is 10.9 Å². The highest BCUT2D eigenvalue weighted by Gasteiger charge is 2.34. The van der Waals surface area contributed by atoms with Gasteiger partial charge in [-0.05, 0) is 63.1 Å². The molecule has 1 aliphatic rings. The average molecular weight is 396 g/mol. The van der Waals surface area contributed by atoms with Gasteiger partial charge in [0.05, 0.1) is 5.69 Å². The number of carboxylic acids is 1. The van der Waals surface area contributed by atoms with Gasteiger partial charge < -0.3 is 5.11 Å². The van der Waals surface area contributed by atoms with E-state index in [9.17, 15) is 14.7 Å². The topological polar surface area (TPSA) is 75.4 Å². The third-order valence-electron chi connectivity index (χ3n) is 5.67. The fraction of sp³-hybridized carbons (Fsp3) is 0.435. The van der Waals surface area contributed by atoms with Gasteiger partial charge in [-0.2, -0.15) is 0 Å². The van der Waals surface area contributed by atoms with Crippen molar-refractivity contribution in [3.63, 3.8) is 0 Å². The van der Waals surface area contributed by atoms with Crippen molar-refractivity contribution in [2.45, 2.75) is 52.5 Å². The summed E-state index contributed by atoms with van der Waals surface area (Å²) in [6.45, 7) is 9.74. The van der Waals surface area contributed by atoms with E-state index in [0.29, 0.717) is 5.92 Å². The van der Waals surface area contributed by atoms with E-state index in [-0.39, 0.29) is 29.2 Å². The molecule has 1 heterocycles. The van der Waals surface area contributed by atoms with Crippen molar-refractivity contribution in [3.05, 3.63) is 48.2 Å². The number of hydrogen-bond donors (Lipinski definition) is 1. The molecule has 1 aromatic carbocycles. The normalized spacial score (nSPS) is 19.2. The summed E-state index contributed by atoms with van der Waals surface area (Å²) < 4.78 is 1.53. The van der Waals surface area contributed by atoms with Gasteiger partial charge in [-0.25, -0.2) is 9.48 Å². The summed E-state index contributed by atoms with van der Waals surface area (Å²) in [6.07, 6.45) is 6.96. The van der Waals surface area contributed by atoms with E-state index in [1.807, 2.05) is 38.1 Å². The van der Waals surface area contributed by atoms with Crippen molar-refractivity contribution < 1.29 is 14.7 Å². The molecule has 0 radical (unpaired) electrons. The Bertz CT molecular complexity index is 891. The van der Waals surface area contributed by atoms with Crippen molar-refractivity contribution >= 4 is 23.8 Å². The Hall–Kier alpha value is -2.89. The summed E-state index contributed by atoms with van der Waals surface area (Å²) in [4.78, 5) is 26.8. The number of amides is 1. The summed E-state index contributed by atoms with van der Waals surface area (Å²) in [7, 11) is 0. The number of benzene rings is 1. The van der Waals surface area contributed by atoms with Crippen LogP contribution in [0, 0.1) is 11.8 Å². The van der Waals surface area contributed by atoms with Crippen molar-refractivity contribution in [2.75, 3.05) is 4.90 Å². The number of aromatic carboxylic acids is 1. The first-order chi connectivity index (χ1) is 13.8. The van der Waals surface area contributed by atoms with E-state index in [2.05, 4.69) is 18.6 Å². The first-order valence-electron chi connectivity index (χ1n) is 10.2. The monoisotopic (exact) mass is 395 g/mol. The second kappa shape index (κ2) is 8.64. The Balaban J connectivity index is 1.98. The summed E-state index contributed by atoms with van der Waals surface area (Å²) in [5.74, 6) is -0.346. The highest BCUT2D eigenvalue weighted by molar-refractivity contribution is 6.01. The lowest BCUT2D eigenvalue weighted by Crippen LogP contribution is -2.43. The Morgan fingerprint density at radius 1 is 1.21 bits per heavy atom. The second-order valence-electron chi connectivity index (χ2n) is 8.17. The van der Waals surface area contributed by atoms with Gasteiger partial charge in [0.25, 0.3) is 0 Å². The molecule has 0 saturated heterocycles. The second-order valence-corrected chi connectivity index (χ2v) is 8.17. The molecule has 0 bridgehead atoms. The largest absolute Gasteiger partial charge is 0.477 e. The number of carboxylic acid groups (broad SMARTS) is 1. The molecule has 3 rings (SSSR count). The van der Waals surface area contributed by atoms with Gasteiger partial charge in [-0.15, -0.1) is 5.10 Å². The zero-order valence-corrected chi connectivity index (χ0v) is 17.3. The fourth-order valence-corrected chi connectivity index (χ4v) is 3.90. The van der Waals surface area contributed by atoms with E-state index in [0.717, 1.165) is 36.9 Å². The molecule has 1 aromatic heterocycles. The van der Waals surface area contributed by atoms with E-state index >= 15 is 0 Å². The average Bonchev–Trinajstić information content (AvgIpc) is 3.13. The predicted molar refractivity (Wildman–Crippen MR) is 114 cm³/mol. The zero-order chi connectivity index (χ0) is 21.1. The van der Waals surface area contributed by atoms with Crippen LogP contribution in [0.5, 0.6) is 0 Å². The van der Waals surface area contributed by atoms with Gasteiger partial charge in [0.2, 0.25) is 5.91 Å². The van der Waals surface area contributed by atoms with E-state index in [1.54, 1.807) is 11.0 Å². The highest BCUT2D eigenvalue weighted by atomic mass is 16.4. The smallest absolute Gasteiger partial charge is 0.341 e. The molecule has 1 saturated carbocycles. The lowest BCUT2D eigenvalue weighted by Gasteiger charge is -2.32. The first kappa shape index (κ1) is 20.8. The molecule has 1 aliphatic carbocycles. The van der Waals surface area contributed by atoms with Gasteiger partial charge in [0.1, 0.15) is 5.56 Å². The minimum atomic E-state index is -1.09. The predicted octanol–water partition coefficient (Wildman–Crippen LogP) is 4.78. The van der Waals surface area contributed by atoms with Crippen LogP contribution in [0.1, 0.15) is 62.4 Å². The number of anilines is 1.